The van der Waals surface area contributed by atoms with E-state index in [1.165, 1.54) is 9.80 Å². The molecular weight excluding hydrogens is 364 g/mol. The molecule has 2 aromatic heterocycles. The Morgan fingerprint density at radius 1 is 0.724 bits per heavy atom. The highest BCUT2D eigenvalue weighted by molar-refractivity contribution is 6.11. The highest BCUT2D eigenvalue weighted by atomic mass is 16.2. The first kappa shape index (κ1) is 18.4. The summed E-state index contributed by atoms with van der Waals surface area (Å²) in [5.74, 6) is -0.378. The summed E-state index contributed by atoms with van der Waals surface area (Å²) in [7, 11) is 3.39. The summed E-state index contributed by atoms with van der Waals surface area (Å²) in [5.41, 5.74) is 2.33. The van der Waals surface area contributed by atoms with Gasteiger partial charge in [0, 0.05) is 31.7 Å². The number of para-hydroxylation sites is 2. The monoisotopic (exact) mass is 384 g/mol. The molecule has 0 unspecified atom stereocenters. The molecule has 0 bridgehead atoms. The number of anilines is 2. The maximum atomic E-state index is 13.2. The molecule has 0 radical (unpaired) electrons. The van der Waals surface area contributed by atoms with Crippen LogP contribution in [-0.2, 0) is 0 Å². The Morgan fingerprint density at radius 3 is 1.83 bits per heavy atom. The molecule has 4 aromatic rings. The molecular formula is C23H20N4O2. The van der Waals surface area contributed by atoms with E-state index < -0.39 is 0 Å². The van der Waals surface area contributed by atoms with Crippen LogP contribution in [0, 0.1) is 0 Å². The van der Waals surface area contributed by atoms with E-state index in [2.05, 4.69) is 4.98 Å². The number of hydrogen-bond acceptors (Lipinski definition) is 3. The lowest BCUT2D eigenvalue weighted by Crippen LogP contribution is -2.29. The van der Waals surface area contributed by atoms with Gasteiger partial charge in [-0.2, -0.15) is 0 Å². The molecule has 0 fully saturated rings. The molecule has 0 aliphatic heterocycles. The SMILES string of the molecule is CN(C(=O)c1nc(C(=O)N(C)c2ccccc2)n2ccccc12)c1ccccc1. The molecule has 0 aliphatic carbocycles. The molecule has 0 N–H and O–H groups in total. The molecule has 144 valence electrons. The Bertz CT molecular complexity index is 1080. The number of carbonyl (C=O) groups is 2. The Morgan fingerprint density at radius 2 is 1.24 bits per heavy atom. The lowest BCUT2D eigenvalue weighted by atomic mass is 10.2. The van der Waals surface area contributed by atoms with Gasteiger partial charge in [-0.15, -0.1) is 0 Å². The fourth-order valence-electron chi connectivity index (χ4n) is 3.19. The first-order chi connectivity index (χ1) is 14.1. The number of hydrogen-bond donors (Lipinski definition) is 0. The van der Waals surface area contributed by atoms with E-state index in [0.29, 0.717) is 5.52 Å². The average Bonchev–Trinajstić information content (AvgIpc) is 3.18. The number of fused-ring (bicyclic) bond motifs is 1. The zero-order valence-electron chi connectivity index (χ0n) is 16.2. The minimum absolute atomic E-state index is 0.191. The van der Waals surface area contributed by atoms with Crippen LogP contribution in [0.3, 0.4) is 0 Å². The standard InChI is InChI=1S/C23H20N4O2/c1-25(17-11-5-3-6-12-17)22(28)20-19-15-9-10-16-27(19)21(24-20)23(29)26(2)18-13-7-4-8-14-18/h3-16H,1-2H3. The van der Waals surface area contributed by atoms with Gasteiger partial charge in [0.15, 0.2) is 5.69 Å². The van der Waals surface area contributed by atoms with Crippen LogP contribution in [0.5, 0.6) is 0 Å². The molecule has 4 rings (SSSR count). The second-order valence-corrected chi connectivity index (χ2v) is 6.64. The molecule has 2 heterocycles. The predicted octanol–water partition coefficient (Wildman–Crippen LogP) is 3.89. The smallest absolute Gasteiger partial charge is 0.294 e. The summed E-state index contributed by atoms with van der Waals surface area (Å²) in [6, 6.07) is 24.1. The Balaban J connectivity index is 1.76. The normalized spacial score (nSPS) is 10.7. The molecule has 2 aromatic carbocycles. The number of nitrogens with zero attached hydrogens (tertiary/aromatic N) is 4. The van der Waals surface area contributed by atoms with Crippen molar-refractivity contribution in [2.24, 2.45) is 0 Å². The number of rotatable bonds is 4. The topological polar surface area (TPSA) is 57.9 Å². The van der Waals surface area contributed by atoms with E-state index in [4.69, 9.17) is 0 Å². The van der Waals surface area contributed by atoms with Crippen molar-refractivity contribution in [3.05, 3.63) is 96.6 Å². The molecule has 2 amide bonds. The Kier molecular flexibility index (Phi) is 4.83. The summed E-state index contributed by atoms with van der Waals surface area (Å²) in [6.07, 6.45) is 1.74. The summed E-state index contributed by atoms with van der Waals surface area (Å²) in [5, 5.41) is 0. The largest absolute Gasteiger partial charge is 0.310 e. The zero-order chi connectivity index (χ0) is 20.4. The second-order valence-electron chi connectivity index (χ2n) is 6.64. The summed E-state index contributed by atoms with van der Waals surface area (Å²) in [6.45, 7) is 0. The van der Waals surface area contributed by atoms with Gasteiger partial charge in [-0.25, -0.2) is 4.98 Å². The van der Waals surface area contributed by atoms with Crippen LogP contribution in [0.25, 0.3) is 5.52 Å². The van der Waals surface area contributed by atoms with Crippen LogP contribution in [0.2, 0.25) is 0 Å². The van der Waals surface area contributed by atoms with Gasteiger partial charge in [0.25, 0.3) is 11.8 Å². The van der Waals surface area contributed by atoms with Crippen LogP contribution in [0.1, 0.15) is 21.1 Å². The van der Waals surface area contributed by atoms with Gasteiger partial charge in [0.2, 0.25) is 5.82 Å². The van der Waals surface area contributed by atoms with Gasteiger partial charge in [0.05, 0.1) is 5.52 Å². The lowest BCUT2D eigenvalue weighted by molar-refractivity contribution is 0.0982. The number of benzene rings is 2. The molecule has 6 heteroatoms. The molecule has 0 atom stereocenters. The molecule has 6 nitrogen and oxygen atoms in total. The van der Waals surface area contributed by atoms with Gasteiger partial charge in [-0.3, -0.25) is 14.0 Å². The van der Waals surface area contributed by atoms with Crippen LogP contribution >= 0.6 is 0 Å². The third-order valence-corrected chi connectivity index (χ3v) is 4.84. The van der Waals surface area contributed by atoms with Crippen molar-refractivity contribution in [1.82, 2.24) is 9.38 Å². The van der Waals surface area contributed by atoms with E-state index in [1.54, 1.807) is 30.8 Å². The van der Waals surface area contributed by atoms with Gasteiger partial charge in [0.1, 0.15) is 0 Å². The highest BCUT2D eigenvalue weighted by Gasteiger charge is 2.26. The van der Waals surface area contributed by atoms with Crippen LogP contribution in [0.15, 0.2) is 85.1 Å². The van der Waals surface area contributed by atoms with E-state index in [1.807, 2.05) is 72.8 Å². The fourth-order valence-corrected chi connectivity index (χ4v) is 3.19. The number of amides is 2. The van der Waals surface area contributed by atoms with Gasteiger partial charge in [-0.1, -0.05) is 42.5 Å². The summed E-state index contributed by atoms with van der Waals surface area (Å²) >= 11 is 0. The van der Waals surface area contributed by atoms with Gasteiger partial charge < -0.3 is 9.80 Å². The van der Waals surface area contributed by atoms with Crippen molar-refractivity contribution < 1.29 is 9.59 Å². The maximum absolute atomic E-state index is 13.2. The van der Waals surface area contributed by atoms with Gasteiger partial charge in [-0.05, 0) is 36.4 Å². The number of aromatic nitrogens is 2. The third kappa shape index (κ3) is 3.36. The van der Waals surface area contributed by atoms with E-state index in [0.717, 1.165) is 11.4 Å². The van der Waals surface area contributed by atoms with Crippen LogP contribution in [-0.4, -0.2) is 35.3 Å². The second kappa shape index (κ2) is 7.59. The third-order valence-electron chi connectivity index (χ3n) is 4.84. The van der Waals surface area contributed by atoms with Crippen molar-refractivity contribution >= 4 is 28.7 Å². The molecule has 0 saturated heterocycles. The Hall–Kier alpha value is -3.93. The minimum Gasteiger partial charge on any atom is -0.310 e. The first-order valence-electron chi connectivity index (χ1n) is 9.21. The number of pyridine rings is 1. The number of imidazole rings is 1. The van der Waals surface area contributed by atoms with Crippen molar-refractivity contribution in [1.29, 1.82) is 0 Å². The maximum Gasteiger partial charge on any atom is 0.294 e. The zero-order valence-corrected chi connectivity index (χ0v) is 16.2. The Labute approximate surface area is 168 Å². The predicted molar refractivity (Wildman–Crippen MR) is 114 cm³/mol. The molecule has 0 saturated carbocycles. The van der Waals surface area contributed by atoms with Crippen molar-refractivity contribution in [2.45, 2.75) is 0 Å². The van der Waals surface area contributed by atoms with Gasteiger partial charge >= 0.3 is 0 Å². The van der Waals surface area contributed by atoms with Crippen LogP contribution < -0.4 is 9.80 Å². The minimum atomic E-state index is -0.293. The van der Waals surface area contributed by atoms with Crippen molar-refractivity contribution in [3.8, 4) is 0 Å². The molecule has 0 spiro atoms. The van der Waals surface area contributed by atoms with Crippen molar-refractivity contribution in [2.75, 3.05) is 23.9 Å². The van der Waals surface area contributed by atoms with Crippen molar-refractivity contribution in [3.63, 3.8) is 0 Å². The first-order valence-corrected chi connectivity index (χ1v) is 9.21. The van der Waals surface area contributed by atoms with E-state index in [9.17, 15) is 9.59 Å². The summed E-state index contributed by atoms with van der Waals surface area (Å²) in [4.78, 5) is 33.8. The summed E-state index contributed by atoms with van der Waals surface area (Å²) < 4.78 is 1.66. The molecule has 0 aliphatic rings. The fraction of sp³-hybridized carbons (Fsp3) is 0.0870. The molecule has 29 heavy (non-hydrogen) atoms. The lowest BCUT2D eigenvalue weighted by Gasteiger charge is -2.16. The van der Waals surface area contributed by atoms with E-state index >= 15 is 0 Å². The highest BCUT2D eigenvalue weighted by Crippen LogP contribution is 2.21. The van der Waals surface area contributed by atoms with E-state index in [-0.39, 0.29) is 23.3 Å². The quantitative estimate of drug-likeness (QED) is 0.536. The average molecular weight is 384 g/mol. The number of carbonyl (C=O) groups excluding carboxylic acids is 2. The van der Waals surface area contributed by atoms with Crippen LogP contribution in [0.4, 0.5) is 11.4 Å².